The first-order chi connectivity index (χ1) is 8.04. The van der Waals surface area contributed by atoms with Crippen molar-refractivity contribution in [1.29, 1.82) is 0 Å². The molecule has 0 bridgehead atoms. The molecule has 1 aromatic carbocycles. The van der Waals surface area contributed by atoms with Crippen LogP contribution in [0.1, 0.15) is 31.0 Å². The highest BCUT2D eigenvalue weighted by atomic mass is 16.4. The molecule has 2 aromatic rings. The number of nitrogens with zero attached hydrogens (tertiary/aromatic N) is 1. The molecule has 0 radical (unpaired) electrons. The summed E-state index contributed by atoms with van der Waals surface area (Å²) in [6.45, 7) is 6.79. The van der Waals surface area contributed by atoms with Crippen LogP contribution in [0.15, 0.2) is 24.3 Å². The third kappa shape index (κ3) is 1.93. The van der Waals surface area contributed by atoms with Crippen LogP contribution in [0, 0.1) is 6.92 Å². The lowest BCUT2D eigenvalue weighted by Gasteiger charge is -2.09. The van der Waals surface area contributed by atoms with Gasteiger partial charge in [-0.1, -0.05) is 12.1 Å². The zero-order valence-electron chi connectivity index (χ0n) is 10.4. The number of aromatic nitrogens is 1. The summed E-state index contributed by atoms with van der Waals surface area (Å²) >= 11 is 0. The summed E-state index contributed by atoms with van der Waals surface area (Å²) in [5.41, 5.74) is 3.19. The normalized spacial score (nSPS) is 12.9. The van der Waals surface area contributed by atoms with Crippen LogP contribution in [0.3, 0.4) is 0 Å². The van der Waals surface area contributed by atoms with Gasteiger partial charge in [0.2, 0.25) is 0 Å². The van der Waals surface area contributed by atoms with Gasteiger partial charge >= 0.3 is 5.97 Å². The quantitative estimate of drug-likeness (QED) is 0.881. The van der Waals surface area contributed by atoms with E-state index in [0.717, 1.165) is 17.6 Å². The molecule has 0 saturated carbocycles. The predicted octanol–water partition coefficient (Wildman–Crippen LogP) is 3.16. The van der Waals surface area contributed by atoms with Crippen molar-refractivity contribution in [1.82, 2.24) is 4.57 Å². The SMILES string of the molecule is CCn1c(C)cc2ccc(C(C)C(=O)O)cc21. The van der Waals surface area contributed by atoms with Gasteiger partial charge in [-0.15, -0.1) is 0 Å². The summed E-state index contributed by atoms with van der Waals surface area (Å²) < 4.78 is 2.20. The minimum absolute atomic E-state index is 0.458. The summed E-state index contributed by atoms with van der Waals surface area (Å²) in [5, 5.41) is 10.2. The number of fused-ring (bicyclic) bond motifs is 1. The Morgan fingerprint density at radius 1 is 1.41 bits per heavy atom. The van der Waals surface area contributed by atoms with E-state index in [4.69, 9.17) is 5.11 Å². The van der Waals surface area contributed by atoms with Crippen LogP contribution in [0.4, 0.5) is 0 Å². The molecule has 0 aliphatic carbocycles. The molecule has 1 heterocycles. The number of carbonyl (C=O) groups is 1. The van der Waals surface area contributed by atoms with Crippen molar-refractivity contribution in [2.45, 2.75) is 33.2 Å². The van der Waals surface area contributed by atoms with Gasteiger partial charge in [0.1, 0.15) is 0 Å². The monoisotopic (exact) mass is 231 g/mol. The minimum atomic E-state index is -0.782. The number of hydrogen-bond donors (Lipinski definition) is 1. The van der Waals surface area contributed by atoms with Crippen LogP contribution in [-0.2, 0) is 11.3 Å². The first-order valence-corrected chi connectivity index (χ1v) is 5.87. The summed E-state index contributed by atoms with van der Waals surface area (Å²) in [7, 11) is 0. The van der Waals surface area contributed by atoms with Crippen molar-refractivity contribution in [2.75, 3.05) is 0 Å². The van der Waals surface area contributed by atoms with Crippen LogP contribution >= 0.6 is 0 Å². The highest BCUT2D eigenvalue weighted by Crippen LogP contribution is 2.24. The van der Waals surface area contributed by atoms with Gasteiger partial charge in [-0.2, -0.15) is 0 Å². The van der Waals surface area contributed by atoms with Gasteiger partial charge in [-0.05, 0) is 43.9 Å². The fourth-order valence-electron chi connectivity index (χ4n) is 2.24. The second-order valence-electron chi connectivity index (χ2n) is 4.41. The van der Waals surface area contributed by atoms with E-state index in [-0.39, 0.29) is 0 Å². The average Bonchev–Trinajstić information content (AvgIpc) is 2.62. The lowest BCUT2D eigenvalue weighted by Crippen LogP contribution is -2.07. The Morgan fingerprint density at radius 3 is 2.71 bits per heavy atom. The molecule has 1 N–H and O–H groups in total. The Kier molecular flexibility index (Phi) is 2.92. The zero-order chi connectivity index (χ0) is 12.6. The fourth-order valence-corrected chi connectivity index (χ4v) is 2.24. The van der Waals surface area contributed by atoms with E-state index < -0.39 is 11.9 Å². The zero-order valence-corrected chi connectivity index (χ0v) is 10.4. The van der Waals surface area contributed by atoms with Crippen molar-refractivity contribution in [3.63, 3.8) is 0 Å². The van der Waals surface area contributed by atoms with Crippen molar-refractivity contribution < 1.29 is 9.90 Å². The highest BCUT2D eigenvalue weighted by molar-refractivity contribution is 5.84. The van der Waals surface area contributed by atoms with Gasteiger partial charge in [0, 0.05) is 17.8 Å². The van der Waals surface area contributed by atoms with Gasteiger partial charge in [0.15, 0.2) is 0 Å². The standard InChI is InChI=1S/C14H17NO2/c1-4-15-9(2)7-12-6-5-11(8-13(12)15)10(3)14(16)17/h5-8,10H,4H2,1-3H3,(H,16,17). The van der Waals surface area contributed by atoms with Crippen molar-refractivity contribution in [3.8, 4) is 0 Å². The summed E-state index contributed by atoms with van der Waals surface area (Å²) in [6, 6.07) is 8.03. The maximum absolute atomic E-state index is 11.0. The molecule has 1 unspecified atom stereocenters. The van der Waals surface area contributed by atoms with E-state index >= 15 is 0 Å². The summed E-state index contributed by atoms with van der Waals surface area (Å²) in [6.07, 6.45) is 0. The third-order valence-corrected chi connectivity index (χ3v) is 3.32. The maximum atomic E-state index is 11.0. The molecular weight excluding hydrogens is 214 g/mol. The molecule has 0 saturated heterocycles. The second kappa shape index (κ2) is 4.24. The van der Waals surface area contributed by atoms with Crippen LogP contribution in [0.2, 0.25) is 0 Å². The molecule has 0 spiro atoms. The topological polar surface area (TPSA) is 42.2 Å². The number of aliphatic carboxylic acids is 1. The molecule has 1 aromatic heterocycles. The largest absolute Gasteiger partial charge is 0.481 e. The average molecular weight is 231 g/mol. The van der Waals surface area contributed by atoms with Gasteiger partial charge < -0.3 is 9.67 Å². The Morgan fingerprint density at radius 2 is 2.12 bits per heavy atom. The Bertz CT molecular complexity index is 569. The molecule has 0 amide bonds. The number of benzene rings is 1. The molecule has 3 nitrogen and oxygen atoms in total. The molecule has 3 heteroatoms. The van der Waals surface area contributed by atoms with Crippen LogP contribution in [0.5, 0.6) is 0 Å². The molecule has 2 rings (SSSR count). The molecule has 90 valence electrons. The number of carboxylic acids is 1. The number of rotatable bonds is 3. The minimum Gasteiger partial charge on any atom is -0.481 e. The van der Waals surface area contributed by atoms with E-state index in [9.17, 15) is 4.79 Å². The molecule has 1 atom stereocenters. The highest BCUT2D eigenvalue weighted by Gasteiger charge is 2.15. The van der Waals surface area contributed by atoms with Crippen LogP contribution in [0.25, 0.3) is 10.9 Å². The third-order valence-electron chi connectivity index (χ3n) is 3.32. The molecule has 17 heavy (non-hydrogen) atoms. The van der Waals surface area contributed by atoms with Crippen LogP contribution in [-0.4, -0.2) is 15.6 Å². The molecule has 0 aliphatic rings. The number of hydrogen-bond acceptors (Lipinski definition) is 1. The number of carboxylic acid groups (broad SMARTS) is 1. The smallest absolute Gasteiger partial charge is 0.310 e. The van der Waals surface area contributed by atoms with Crippen LogP contribution < -0.4 is 0 Å². The molecular formula is C14H17NO2. The van der Waals surface area contributed by atoms with Gasteiger partial charge in [-0.25, -0.2) is 0 Å². The fraction of sp³-hybridized carbons (Fsp3) is 0.357. The first-order valence-electron chi connectivity index (χ1n) is 5.87. The lowest BCUT2D eigenvalue weighted by atomic mass is 10.0. The van der Waals surface area contributed by atoms with E-state index in [2.05, 4.69) is 24.5 Å². The van der Waals surface area contributed by atoms with E-state index in [1.165, 1.54) is 11.1 Å². The molecule has 0 fully saturated rings. The maximum Gasteiger partial charge on any atom is 0.310 e. The Labute approximate surface area is 101 Å². The second-order valence-corrected chi connectivity index (χ2v) is 4.41. The predicted molar refractivity (Wildman–Crippen MR) is 68.4 cm³/mol. The van der Waals surface area contributed by atoms with Crippen molar-refractivity contribution in [2.24, 2.45) is 0 Å². The summed E-state index contributed by atoms with van der Waals surface area (Å²) in [4.78, 5) is 11.0. The lowest BCUT2D eigenvalue weighted by molar-refractivity contribution is -0.138. The Balaban J connectivity index is 2.59. The summed E-state index contributed by atoms with van der Waals surface area (Å²) in [5.74, 6) is -1.24. The van der Waals surface area contributed by atoms with E-state index in [1.807, 2.05) is 18.2 Å². The van der Waals surface area contributed by atoms with E-state index in [0.29, 0.717) is 0 Å². The first kappa shape index (κ1) is 11.7. The van der Waals surface area contributed by atoms with Crippen molar-refractivity contribution >= 4 is 16.9 Å². The van der Waals surface area contributed by atoms with Gasteiger partial charge in [0.05, 0.1) is 5.92 Å². The van der Waals surface area contributed by atoms with Crippen molar-refractivity contribution in [3.05, 3.63) is 35.5 Å². The Hall–Kier alpha value is -1.77. The molecule has 0 aliphatic heterocycles. The number of aryl methyl sites for hydroxylation is 2. The van der Waals surface area contributed by atoms with E-state index in [1.54, 1.807) is 6.92 Å². The van der Waals surface area contributed by atoms with Gasteiger partial charge in [0.25, 0.3) is 0 Å². The van der Waals surface area contributed by atoms with Gasteiger partial charge in [-0.3, -0.25) is 4.79 Å².